The van der Waals surface area contributed by atoms with Crippen LogP contribution in [0.25, 0.3) is 0 Å². The minimum atomic E-state index is 0. The van der Waals surface area contributed by atoms with E-state index in [0.29, 0.717) is 40.5 Å². The molecule has 0 aliphatic carbocycles. The van der Waals surface area contributed by atoms with Crippen molar-refractivity contribution in [3.8, 4) is 5.75 Å². The highest BCUT2D eigenvalue weighted by Gasteiger charge is 2.08. The predicted molar refractivity (Wildman–Crippen MR) is 102 cm³/mol. The maximum absolute atomic E-state index is 8.08. The Bertz CT molecular complexity index is 731. The Balaban J connectivity index is 0.00000312. The van der Waals surface area contributed by atoms with Crippen molar-refractivity contribution < 1.29 is 4.74 Å². The number of nitrogens with one attached hydrogen (secondary N) is 1. The van der Waals surface area contributed by atoms with Gasteiger partial charge in [0.15, 0.2) is 0 Å². The molecule has 0 fully saturated rings. The standard InChI is InChI=1S/C15H20Cl3N5O.ClH/c1-2-3-4-5-6-22-15(19)23(21-20-22)7-8-24-14-10-12(17)11(16)9-13(14)18;/h9-10,19H,2-8H2,1H3;1H. The van der Waals surface area contributed by atoms with Crippen molar-refractivity contribution in [3.63, 3.8) is 0 Å². The molecule has 0 atom stereocenters. The van der Waals surface area contributed by atoms with Crippen molar-refractivity contribution in [1.29, 1.82) is 5.41 Å². The Morgan fingerprint density at radius 3 is 2.28 bits per heavy atom. The summed E-state index contributed by atoms with van der Waals surface area (Å²) in [5.74, 6) is 0.449. The quantitative estimate of drug-likeness (QED) is 0.468. The Kier molecular flexibility index (Phi) is 9.64. The van der Waals surface area contributed by atoms with Gasteiger partial charge in [-0.25, -0.2) is 9.36 Å². The van der Waals surface area contributed by atoms with Crippen LogP contribution in [0.2, 0.25) is 15.1 Å². The van der Waals surface area contributed by atoms with Crippen molar-refractivity contribution in [2.24, 2.45) is 0 Å². The van der Waals surface area contributed by atoms with Gasteiger partial charge < -0.3 is 4.74 Å². The summed E-state index contributed by atoms with van der Waals surface area (Å²) in [6.07, 6.45) is 4.51. The second-order valence-electron chi connectivity index (χ2n) is 5.35. The first-order valence-electron chi connectivity index (χ1n) is 7.85. The van der Waals surface area contributed by atoms with E-state index in [1.807, 2.05) is 0 Å². The fraction of sp³-hybridized carbons (Fsp3) is 0.533. The molecule has 10 heteroatoms. The number of aromatic nitrogens is 4. The zero-order valence-electron chi connectivity index (χ0n) is 13.8. The number of ether oxygens (including phenoxy) is 1. The molecular weight excluding hydrogens is 408 g/mol. The Hall–Kier alpha value is -0.950. The highest BCUT2D eigenvalue weighted by Crippen LogP contribution is 2.33. The van der Waals surface area contributed by atoms with Crippen LogP contribution >= 0.6 is 47.2 Å². The van der Waals surface area contributed by atoms with Gasteiger partial charge in [0, 0.05) is 12.6 Å². The first kappa shape index (κ1) is 22.1. The summed E-state index contributed by atoms with van der Waals surface area (Å²) in [6, 6.07) is 3.11. The van der Waals surface area contributed by atoms with E-state index in [4.69, 9.17) is 44.9 Å². The first-order chi connectivity index (χ1) is 11.5. The lowest BCUT2D eigenvalue weighted by molar-refractivity contribution is 0.286. The minimum Gasteiger partial charge on any atom is -0.490 e. The molecule has 140 valence electrons. The van der Waals surface area contributed by atoms with E-state index in [1.54, 1.807) is 10.7 Å². The smallest absolute Gasteiger partial charge is 0.238 e. The number of aryl methyl sites for hydroxylation is 1. The first-order valence-corrected chi connectivity index (χ1v) is 8.99. The molecule has 0 aliphatic heterocycles. The van der Waals surface area contributed by atoms with Gasteiger partial charge in [-0.05, 0) is 22.9 Å². The fourth-order valence-electron chi connectivity index (χ4n) is 2.16. The molecule has 1 aromatic heterocycles. The fourth-order valence-corrected chi connectivity index (χ4v) is 2.75. The molecule has 0 radical (unpaired) electrons. The zero-order chi connectivity index (χ0) is 17.5. The highest BCUT2D eigenvalue weighted by atomic mass is 35.5. The summed E-state index contributed by atoms with van der Waals surface area (Å²) in [7, 11) is 0. The molecular formula is C15H21Cl4N5O. The molecule has 25 heavy (non-hydrogen) atoms. The van der Waals surface area contributed by atoms with Crippen LogP contribution in [0.4, 0.5) is 0 Å². The minimum absolute atomic E-state index is 0. The normalized spacial score (nSPS) is 10.6. The lowest BCUT2D eigenvalue weighted by Gasteiger charge is -2.09. The van der Waals surface area contributed by atoms with Crippen LogP contribution in [-0.4, -0.2) is 26.4 Å². The van der Waals surface area contributed by atoms with E-state index >= 15 is 0 Å². The van der Waals surface area contributed by atoms with Gasteiger partial charge in [-0.15, -0.1) is 12.4 Å². The molecule has 0 aliphatic rings. The number of nitrogens with zero attached hydrogens (tertiary/aromatic N) is 4. The highest BCUT2D eigenvalue weighted by molar-refractivity contribution is 6.43. The number of rotatable bonds is 9. The molecule has 1 N–H and O–H groups in total. The van der Waals surface area contributed by atoms with Crippen LogP contribution in [0.1, 0.15) is 32.6 Å². The van der Waals surface area contributed by atoms with Gasteiger partial charge in [0.1, 0.15) is 12.4 Å². The predicted octanol–water partition coefficient (Wildman–Crippen LogP) is 4.60. The van der Waals surface area contributed by atoms with E-state index in [-0.39, 0.29) is 18.0 Å². The number of benzene rings is 1. The van der Waals surface area contributed by atoms with Gasteiger partial charge in [-0.2, -0.15) is 0 Å². The van der Waals surface area contributed by atoms with Crippen LogP contribution in [0.5, 0.6) is 5.75 Å². The van der Waals surface area contributed by atoms with E-state index in [9.17, 15) is 0 Å². The molecule has 0 spiro atoms. The van der Waals surface area contributed by atoms with Gasteiger partial charge >= 0.3 is 0 Å². The van der Waals surface area contributed by atoms with Crippen molar-refractivity contribution >= 4 is 47.2 Å². The molecule has 6 nitrogen and oxygen atoms in total. The maximum Gasteiger partial charge on any atom is 0.238 e. The van der Waals surface area contributed by atoms with Crippen molar-refractivity contribution in [2.75, 3.05) is 6.61 Å². The number of hydrogen-bond acceptors (Lipinski definition) is 4. The second kappa shape index (κ2) is 10.9. The van der Waals surface area contributed by atoms with Gasteiger partial charge in [0.05, 0.1) is 21.6 Å². The van der Waals surface area contributed by atoms with Crippen LogP contribution in [0.3, 0.4) is 0 Å². The molecule has 1 aromatic carbocycles. The summed E-state index contributed by atoms with van der Waals surface area (Å²) >= 11 is 17.9. The molecule has 2 aromatic rings. The van der Waals surface area contributed by atoms with Crippen LogP contribution in [0, 0.1) is 5.41 Å². The zero-order valence-corrected chi connectivity index (χ0v) is 16.9. The molecule has 0 bridgehead atoms. The summed E-state index contributed by atoms with van der Waals surface area (Å²) in [5.41, 5.74) is 0.260. The molecule has 0 saturated carbocycles. The summed E-state index contributed by atoms with van der Waals surface area (Å²) < 4.78 is 8.69. The number of tetrazole rings is 1. The number of unbranched alkanes of at least 4 members (excludes halogenated alkanes) is 3. The van der Waals surface area contributed by atoms with Gasteiger partial charge in [-0.3, -0.25) is 5.41 Å². The molecule has 0 saturated heterocycles. The maximum atomic E-state index is 8.08. The largest absolute Gasteiger partial charge is 0.490 e. The van der Waals surface area contributed by atoms with Crippen LogP contribution < -0.4 is 10.4 Å². The van der Waals surface area contributed by atoms with Crippen molar-refractivity contribution in [1.82, 2.24) is 19.8 Å². The monoisotopic (exact) mass is 427 g/mol. The van der Waals surface area contributed by atoms with E-state index in [2.05, 4.69) is 17.4 Å². The summed E-state index contributed by atoms with van der Waals surface area (Å²) in [6.45, 7) is 3.56. The van der Waals surface area contributed by atoms with Crippen molar-refractivity contribution in [3.05, 3.63) is 32.8 Å². The average molecular weight is 429 g/mol. The van der Waals surface area contributed by atoms with Gasteiger partial charge in [0.25, 0.3) is 0 Å². The Morgan fingerprint density at radius 2 is 1.60 bits per heavy atom. The molecule has 2 rings (SSSR count). The van der Waals surface area contributed by atoms with Crippen LogP contribution in [0.15, 0.2) is 12.1 Å². The summed E-state index contributed by atoms with van der Waals surface area (Å²) in [5, 5.41) is 17.2. The third-order valence-electron chi connectivity index (χ3n) is 3.50. The summed E-state index contributed by atoms with van der Waals surface area (Å²) in [4.78, 5) is 0. The Morgan fingerprint density at radius 1 is 0.960 bits per heavy atom. The molecule has 1 heterocycles. The van der Waals surface area contributed by atoms with Gasteiger partial charge in [-0.1, -0.05) is 61.0 Å². The lowest BCUT2D eigenvalue weighted by Crippen LogP contribution is -2.27. The lowest BCUT2D eigenvalue weighted by atomic mass is 10.2. The SMILES string of the molecule is CCCCCCn1nnn(CCOc2cc(Cl)c(Cl)cc2Cl)c1=N.Cl. The number of hydrogen-bond donors (Lipinski definition) is 1. The molecule has 0 amide bonds. The second-order valence-corrected chi connectivity index (χ2v) is 6.58. The molecule has 0 unspecified atom stereocenters. The Labute approximate surface area is 167 Å². The third-order valence-corrected chi connectivity index (χ3v) is 4.52. The number of halogens is 4. The van der Waals surface area contributed by atoms with Crippen molar-refractivity contribution in [2.45, 2.75) is 45.7 Å². The van der Waals surface area contributed by atoms with Gasteiger partial charge in [0.2, 0.25) is 5.62 Å². The average Bonchev–Trinajstić information content (AvgIpc) is 2.89. The van der Waals surface area contributed by atoms with E-state index < -0.39 is 0 Å². The third kappa shape index (κ3) is 6.37. The van der Waals surface area contributed by atoms with Crippen LogP contribution in [-0.2, 0) is 13.1 Å². The van der Waals surface area contributed by atoms with E-state index in [0.717, 1.165) is 12.8 Å². The van der Waals surface area contributed by atoms with E-state index in [1.165, 1.54) is 23.6 Å². The topological polar surface area (TPSA) is 68.7 Å².